The van der Waals surface area contributed by atoms with Gasteiger partial charge >= 0.3 is 0 Å². The fourth-order valence-electron chi connectivity index (χ4n) is 1.39. The van der Waals surface area contributed by atoms with E-state index in [4.69, 9.17) is 17.3 Å². The highest BCUT2D eigenvalue weighted by Gasteiger charge is 2.18. The molecule has 0 spiro atoms. The molecule has 5 nitrogen and oxygen atoms in total. The van der Waals surface area contributed by atoms with Gasteiger partial charge in [0, 0.05) is 16.9 Å². The highest BCUT2D eigenvalue weighted by molar-refractivity contribution is 9.10. The third-order valence-electron chi connectivity index (χ3n) is 2.28. The van der Waals surface area contributed by atoms with Gasteiger partial charge in [-0.05, 0) is 24.3 Å². The van der Waals surface area contributed by atoms with Crippen LogP contribution in [-0.4, -0.2) is 13.4 Å². The van der Waals surface area contributed by atoms with Crippen molar-refractivity contribution in [3.05, 3.63) is 46.2 Å². The Labute approximate surface area is 124 Å². The van der Waals surface area contributed by atoms with E-state index in [0.29, 0.717) is 0 Å². The van der Waals surface area contributed by atoms with Crippen LogP contribution in [0.3, 0.4) is 0 Å². The molecule has 0 fully saturated rings. The van der Waals surface area contributed by atoms with Crippen LogP contribution in [0.4, 0.5) is 11.4 Å². The van der Waals surface area contributed by atoms with E-state index in [0.717, 1.165) is 4.47 Å². The van der Waals surface area contributed by atoms with Crippen LogP contribution in [0.25, 0.3) is 0 Å². The topological polar surface area (TPSA) is 85.1 Å². The van der Waals surface area contributed by atoms with Gasteiger partial charge in [-0.2, -0.15) is 0 Å². The molecule has 0 aliphatic heterocycles. The lowest BCUT2D eigenvalue weighted by Crippen LogP contribution is -2.15. The number of rotatable bonds is 3. The first-order valence-corrected chi connectivity index (χ1v) is 7.73. The Kier molecular flexibility index (Phi) is 3.98. The number of nitrogen functional groups attached to an aromatic ring is 1. The summed E-state index contributed by atoms with van der Waals surface area (Å²) in [5, 5.41) is 0.278. The Balaban J connectivity index is 2.40. The summed E-state index contributed by atoms with van der Waals surface area (Å²) in [6.07, 6.45) is 2.60. The van der Waals surface area contributed by atoms with Crippen molar-refractivity contribution in [2.24, 2.45) is 0 Å². The molecule has 0 saturated heterocycles. The minimum absolute atomic E-state index is 0.0889. The third kappa shape index (κ3) is 3.17. The summed E-state index contributed by atoms with van der Waals surface area (Å²) < 4.78 is 27.4. The second-order valence-electron chi connectivity index (χ2n) is 3.64. The van der Waals surface area contributed by atoms with Gasteiger partial charge in [-0.3, -0.25) is 9.71 Å². The van der Waals surface area contributed by atoms with Gasteiger partial charge in [0.25, 0.3) is 10.0 Å². The zero-order valence-corrected chi connectivity index (χ0v) is 12.6. The minimum Gasteiger partial charge on any atom is -0.398 e. The average molecular weight is 363 g/mol. The second kappa shape index (κ2) is 5.36. The Morgan fingerprint density at radius 3 is 2.68 bits per heavy atom. The predicted molar refractivity (Wildman–Crippen MR) is 78.6 cm³/mol. The van der Waals surface area contributed by atoms with E-state index in [9.17, 15) is 8.42 Å². The van der Waals surface area contributed by atoms with Crippen molar-refractivity contribution in [1.82, 2.24) is 4.98 Å². The molecular formula is C11H9BrClN3O2S. The van der Waals surface area contributed by atoms with Crippen LogP contribution in [0.5, 0.6) is 0 Å². The first kappa shape index (κ1) is 14.1. The van der Waals surface area contributed by atoms with E-state index >= 15 is 0 Å². The summed E-state index contributed by atoms with van der Waals surface area (Å²) in [6, 6.07) is 6.23. The van der Waals surface area contributed by atoms with Gasteiger partial charge in [-0.15, -0.1) is 0 Å². The summed E-state index contributed by atoms with van der Waals surface area (Å²) in [5.74, 6) is 0. The minimum atomic E-state index is -3.82. The first-order valence-electron chi connectivity index (χ1n) is 5.07. The molecule has 0 unspecified atom stereocenters. The molecule has 3 N–H and O–H groups in total. The normalized spacial score (nSPS) is 11.3. The van der Waals surface area contributed by atoms with Gasteiger partial charge in [0.15, 0.2) is 0 Å². The number of pyridine rings is 1. The number of sulfonamides is 1. The molecule has 0 aliphatic carbocycles. The molecule has 0 radical (unpaired) electrons. The molecular weight excluding hydrogens is 354 g/mol. The van der Waals surface area contributed by atoms with E-state index in [1.165, 1.54) is 18.5 Å². The zero-order chi connectivity index (χ0) is 14.0. The number of hydrogen-bond acceptors (Lipinski definition) is 4. The van der Waals surface area contributed by atoms with Crippen molar-refractivity contribution in [2.45, 2.75) is 4.90 Å². The van der Waals surface area contributed by atoms with Gasteiger partial charge in [0.1, 0.15) is 4.90 Å². The fourth-order valence-corrected chi connectivity index (χ4v) is 3.32. The molecule has 8 heteroatoms. The quantitative estimate of drug-likeness (QED) is 0.879. The third-order valence-corrected chi connectivity index (χ3v) is 4.50. The monoisotopic (exact) mass is 361 g/mol. The van der Waals surface area contributed by atoms with E-state index in [2.05, 4.69) is 25.6 Å². The summed E-state index contributed by atoms with van der Waals surface area (Å²) >= 11 is 9.20. The molecule has 0 saturated carbocycles. The van der Waals surface area contributed by atoms with Gasteiger partial charge in [-0.1, -0.05) is 27.5 Å². The second-order valence-corrected chi connectivity index (χ2v) is 6.62. The highest BCUT2D eigenvalue weighted by atomic mass is 79.9. The summed E-state index contributed by atoms with van der Waals surface area (Å²) in [5.41, 5.74) is 6.02. The van der Waals surface area contributed by atoms with Crippen LogP contribution in [0.1, 0.15) is 0 Å². The molecule has 19 heavy (non-hydrogen) atoms. The van der Waals surface area contributed by atoms with Crippen molar-refractivity contribution in [2.75, 3.05) is 10.5 Å². The molecule has 2 aromatic rings. The van der Waals surface area contributed by atoms with E-state index in [-0.39, 0.29) is 21.3 Å². The predicted octanol–water partition coefficient (Wildman–Crippen LogP) is 2.88. The average Bonchev–Trinajstić information content (AvgIpc) is 2.33. The lowest BCUT2D eigenvalue weighted by molar-refractivity contribution is 0.601. The SMILES string of the molecule is Nc1ccncc1S(=O)(=O)Nc1ccc(Br)cc1Cl. The number of benzene rings is 1. The zero-order valence-electron chi connectivity index (χ0n) is 9.47. The lowest BCUT2D eigenvalue weighted by Gasteiger charge is -2.11. The summed E-state index contributed by atoms with van der Waals surface area (Å²) in [4.78, 5) is 3.66. The molecule has 100 valence electrons. The highest BCUT2D eigenvalue weighted by Crippen LogP contribution is 2.28. The maximum Gasteiger partial charge on any atom is 0.265 e. The number of nitrogens with two attached hydrogens (primary N) is 1. The van der Waals surface area contributed by atoms with Gasteiger partial charge in [0.05, 0.1) is 16.4 Å². The van der Waals surface area contributed by atoms with Crippen LogP contribution in [-0.2, 0) is 10.0 Å². The van der Waals surface area contributed by atoms with E-state index < -0.39 is 10.0 Å². The van der Waals surface area contributed by atoms with Crippen molar-refractivity contribution in [3.63, 3.8) is 0 Å². The Bertz CT molecular complexity index is 722. The van der Waals surface area contributed by atoms with Crippen molar-refractivity contribution in [1.29, 1.82) is 0 Å². The number of hydrogen-bond donors (Lipinski definition) is 2. The molecule has 1 heterocycles. The Morgan fingerprint density at radius 1 is 1.32 bits per heavy atom. The maximum absolute atomic E-state index is 12.2. The number of anilines is 2. The molecule has 0 aliphatic rings. The molecule has 1 aromatic carbocycles. The summed E-state index contributed by atoms with van der Waals surface area (Å²) in [7, 11) is -3.82. The van der Waals surface area contributed by atoms with Crippen LogP contribution < -0.4 is 10.5 Å². The smallest absolute Gasteiger partial charge is 0.265 e. The van der Waals surface area contributed by atoms with Crippen LogP contribution in [0.2, 0.25) is 5.02 Å². The molecule has 0 bridgehead atoms. The van der Waals surface area contributed by atoms with Crippen molar-refractivity contribution >= 4 is 48.9 Å². The van der Waals surface area contributed by atoms with Crippen LogP contribution in [0.15, 0.2) is 46.0 Å². The Morgan fingerprint density at radius 2 is 2.05 bits per heavy atom. The van der Waals surface area contributed by atoms with Gasteiger partial charge in [-0.25, -0.2) is 8.42 Å². The number of nitrogens with zero attached hydrogens (tertiary/aromatic N) is 1. The molecule has 0 amide bonds. The standard InChI is InChI=1S/C11H9BrClN3O2S/c12-7-1-2-10(8(13)5-7)16-19(17,18)11-6-15-4-3-9(11)14/h1-6,16H,(H2,14,15). The maximum atomic E-state index is 12.2. The van der Waals surface area contributed by atoms with Crippen molar-refractivity contribution in [3.8, 4) is 0 Å². The lowest BCUT2D eigenvalue weighted by atomic mass is 10.3. The fraction of sp³-hybridized carbons (Fsp3) is 0. The number of nitrogens with one attached hydrogen (secondary N) is 1. The van der Waals surface area contributed by atoms with Crippen molar-refractivity contribution < 1.29 is 8.42 Å². The number of halogens is 2. The van der Waals surface area contributed by atoms with Gasteiger partial charge in [0.2, 0.25) is 0 Å². The molecule has 2 rings (SSSR count). The molecule has 0 atom stereocenters. The van der Waals surface area contributed by atoms with Crippen LogP contribution in [0, 0.1) is 0 Å². The van der Waals surface area contributed by atoms with Crippen LogP contribution >= 0.6 is 27.5 Å². The first-order chi connectivity index (χ1) is 8.90. The van der Waals surface area contributed by atoms with E-state index in [1.807, 2.05) is 0 Å². The summed E-state index contributed by atoms with van der Waals surface area (Å²) in [6.45, 7) is 0. The number of aromatic nitrogens is 1. The molecule has 1 aromatic heterocycles. The van der Waals surface area contributed by atoms with Gasteiger partial charge < -0.3 is 5.73 Å². The largest absolute Gasteiger partial charge is 0.398 e. The van der Waals surface area contributed by atoms with E-state index in [1.54, 1.807) is 18.2 Å². The Hall–Kier alpha value is -1.31.